The molecule has 0 aliphatic heterocycles. The Hall–Kier alpha value is -1.95. The lowest BCUT2D eigenvalue weighted by Crippen LogP contribution is -2.20. The molecule has 1 aromatic carbocycles. The van der Waals surface area contributed by atoms with Crippen LogP contribution in [0.3, 0.4) is 0 Å². The van der Waals surface area contributed by atoms with Crippen LogP contribution in [0.5, 0.6) is 17.2 Å². The Labute approximate surface area is 125 Å². The number of benzene rings is 1. The van der Waals surface area contributed by atoms with Crippen molar-refractivity contribution < 1.29 is 19.0 Å². The maximum atomic E-state index is 11.2. The number of ether oxygens (including phenoxy) is 3. The molecule has 0 saturated heterocycles. The van der Waals surface area contributed by atoms with Gasteiger partial charge in [-0.15, -0.1) is 0 Å². The summed E-state index contributed by atoms with van der Waals surface area (Å²) in [6, 6.07) is 3.79. The van der Waals surface area contributed by atoms with Crippen LogP contribution in [0.4, 0.5) is 0 Å². The highest BCUT2D eigenvalue weighted by Gasteiger charge is 2.15. The number of rotatable bonds is 8. The molecule has 0 radical (unpaired) electrons. The highest BCUT2D eigenvalue weighted by atomic mass is 16.5. The lowest BCUT2D eigenvalue weighted by atomic mass is 10.1. The van der Waals surface area contributed by atoms with Gasteiger partial charge in [-0.2, -0.15) is 0 Å². The van der Waals surface area contributed by atoms with Crippen LogP contribution in [-0.4, -0.2) is 39.8 Å². The largest absolute Gasteiger partial charge is 0.493 e. The summed E-state index contributed by atoms with van der Waals surface area (Å²) in [6.45, 7) is 2.19. The zero-order chi connectivity index (χ0) is 15.8. The minimum absolute atomic E-state index is 0.0411. The van der Waals surface area contributed by atoms with Gasteiger partial charge in [0.2, 0.25) is 11.7 Å². The van der Waals surface area contributed by atoms with E-state index < -0.39 is 0 Å². The van der Waals surface area contributed by atoms with Crippen LogP contribution in [0.15, 0.2) is 12.1 Å². The summed E-state index contributed by atoms with van der Waals surface area (Å²) in [5.74, 6) is 1.56. The first-order valence-corrected chi connectivity index (χ1v) is 6.85. The zero-order valence-electron chi connectivity index (χ0n) is 13.1. The first kappa shape index (κ1) is 17.1. The van der Waals surface area contributed by atoms with E-state index in [4.69, 9.17) is 19.9 Å². The van der Waals surface area contributed by atoms with E-state index in [1.165, 1.54) is 0 Å². The predicted molar refractivity (Wildman–Crippen MR) is 81.1 cm³/mol. The van der Waals surface area contributed by atoms with Gasteiger partial charge in [-0.1, -0.05) is 0 Å². The van der Waals surface area contributed by atoms with Gasteiger partial charge < -0.3 is 25.3 Å². The van der Waals surface area contributed by atoms with Gasteiger partial charge in [0.15, 0.2) is 11.5 Å². The van der Waals surface area contributed by atoms with Crippen molar-refractivity contribution in [3.8, 4) is 17.2 Å². The third kappa shape index (κ3) is 5.15. The second-order valence-electron chi connectivity index (χ2n) is 4.78. The number of hydrogen-bond donors (Lipinski definition) is 2. The van der Waals surface area contributed by atoms with Crippen molar-refractivity contribution >= 4 is 5.91 Å². The molecule has 1 unspecified atom stereocenters. The summed E-state index contributed by atoms with van der Waals surface area (Å²) in [6.07, 6.45) is 0.982. The average molecular weight is 296 g/mol. The zero-order valence-corrected chi connectivity index (χ0v) is 13.1. The van der Waals surface area contributed by atoms with Crippen molar-refractivity contribution in [1.82, 2.24) is 5.32 Å². The molecule has 21 heavy (non-hydrogen) atoms. The van der Waals surface area contributed by atoms with Crippen LogP contribution in [0.25, 0.3) is 0 Å². The second-order valence-corrected chi connectivity index (χ2v) is 4.78. The lowest BCUT2D eigenvalue weighted by Gasteiger charge is -2.16. The maximum absolute atomic E-state index is 11.2. The molecular weight excluding hydrogens is 272 g/mol. The number of nitrogens with one attached hydrogen (secondary N) is 1. The van der Waals surface area contributed by atoms with E-state index in [1.807, 2.05) is 19.1 Å². The summed E-state index contributed by atoms with van der Waals surface area (Å²) in [5.41, 5.74) is 6.83. The van der Waals surface area contributed by atoms with Crippen LogP contribution in [0, 0.1) is 0 Å². The highest BCUT2D eigenvalue weighted by molar-refractivity contribution is 5.75. The molecule has 118 valence electrons. The molecule has 0 aromatic heterocycles. The normalized spacial score (nSPS) is 11.7. The Morgan fingerprint density at radius 3 is 2.29 bits per heavy atom. The Morgan fingerprint density at radius 1 is 1.29 bits per heavy atom. The van der Waals surface area contributed by atoms with E-state index in [9.17, 15) is 4.79 Å². The molecule has 1 aromatic rings. The van der Waals surface area contributed by atoms with E-state index in [0.717, 1.165) is 5.56 Å². The van der Waals surface area contributed by atoms with Crippen molar-refractivity contribution in [3.63, 3.8) is 0 Å². The molecule has 0 saturated carbocycles. The van der Waals surface area contributed by atoms with Crippen LogP contribution in [0.2, 0.25) is 0 Å². The summed E-state index contributed by atoms with van der Waals surface area (Å²) in [4.78, 5) is 11.2. The molecule has 3 N–H and O–H groups in total. The smallest absolute Gasteiger partial charge is 0.223 e. The third-order valence-corrected chi connectivity index (χ3v) is 2.93. The van der Waals surface area contributed by atoms with Crippen molar-refractivity contribution in [2.45, 2.75) is 25.8 Å². The van der Waals surface area contributed by atoms with E-state index in [2.05, 4.69) is 5.32 Å². The fourth-order valence-corrected chi connectivity index (χ4v) is 1.94. The number of amides is 1. The standard InChI is InChI=1S/C15H24N2O4/c1-10(16)7-11-8-12(19-3)15(13(9-11)20-4)21-6-5-14(18)17-2/h8-10H,5-7,16H2,1-4H3,(H,17,18). The number of carbonyl (C=O) groups is 1. The Balaban J connectivity index is 2.92. The van der Waals surface area contributed by atoms with Gasteiger partial charge in [0.1, 0.15) is 0 Å². The van der Waals surface area contributed by atoms with Gasteiger partial charge in [-0.05, 0) is 31.0 Å². The van der Waals surface area contributed by atoms with Crippen LogP contribution >= 0.6 is 0 Å². The molecule has 0 fully saturated rings. The molecule has 0 bridgehead atoms. The maximum Gasteiger partial charge on any atom is 0.223 e. The van der Waals surface area contributed by atoms with Gasteiger partial charge in [0, 0.05) is 13.1 Å². The number of methoxy groups -OCH3 is 2. The van der Waals surface area contributed by atoms with Crippen molar-refractivity contribution in [3.05, 3.63) is 17.7 Å². The number of nitrogens with two attached hydrogens (primary N) is 1. The Morgan fingerprint density at radius 2 is 1.86 bits per heavy atom. The molecule has 6 heteroatoms. The van der Waals surface area contributed by atoms with Gasteiger partial charge >= 0.3 is 0 Å². The molecule has 1 amide bonds. The van der Waals surface area contributed by atoms with Gasteiger partial charge in [-0.25, -0.2) is 0 Å². The fraction of sp³-hybridized carbons (Fsp3) is 0.533. The fourth-order valence-electron chi connectivity index (χ4n) is 1.94. The monoisotopic (exact) mass is 296 g/mol. The van der Waals surface area contributed by atoms with E-state index in [-0.39, 0.29) is 25.0 Å². The van der Waals surface area contributed by atoms with Gasteiger partial charge in [0.05, 0.1) is 27.2 Å². The lowest BCUT2D eigenvalue weighted by molar-refractivity contribution is -0.121. The van der Waals surface area contributed by atoms with Crippen molar-refractivity contribution in [2.75, 3.05) is 27.9 Å². The van der Waals surface area contributed by atoms with Crippen LogP contribution in [-0.2, 0) is 11.2 Å². The minimum Gasteiger partial charge on any atom is -0.493 e. The molecule has 1 rings (SSSR count). The topological polar surface area (TPSA) is 82.8 Å². The van der Waals surface area contributed by atoms with Gasteiger partial charge in [0.25, 0.3) is 0 Å². The van der Waals surface area contributed by atoms with E-state index >= 15 is 0 Å². The average Bonchev–Trinajstić information content (AvgIpc) is 2.46. The molecule has 1 atom stereocenters. The van der Waals surface area contributed by atoms with Crippen LogP contribution in [0.1, 0.15) is 18.9 Å². The summed E-state index contributed by atoms with van der Waals surface area (Å²) >= 11 is 0. The predicted octanol–water partition coefficient (Wildman–Crippen LogP) is 1.11. The third-order valence-electron chi connectivity index (χ3n) is 2.93. The molecule has 0 aliphatic carbocycles. The first-order valence-electron chi connectivity index (χ1n) is 6.85. The summed E-state index contributed by atoms with van der Waals surface area (Å²) < 4.78 is 16.3. The first-order chi connectivity index (χ1) is 10.0. The van der Waals surface area contributed by atoms with E-state index in [1.54, 1.807) is 21.3 Å². The second kappa shape index (κ2) is 8.36. The Kier molecular flexibility index (Phi) is 6.81. The van der Waals surface area contributed by atoms with Crippen LogP contribution < -0.4 is 25.3 Å². The quantitative estimate of drug-likeness (QED) is 0.751. The summed E-state index contributed by atoms with van der Waals surface area (Å²) in [5, 5.41) is 2.54. The van der Waals surface area contributed by atoms with E-state index in [0.29, 0.717) is 23.7 Å². The van der Waals surface area contributed by atoms with Gasteiger partial charge in [-0.3, -0.25) is 4.79 Å². The molecule has 0 aliphatic rings. The SMILES string of the molecule is CNC(=O)CCOc1c(OC)cc(CC(C)N)cc1OC. The number of hydrogen-bond acceptors (Lipinski definition) is 5. The highest BCUT2D eigenvalue weighted by Crippen LogP contribution is 2.38. The number of carbonyl (C=O) groups excluding carboxylic acids is 1. The van der Waals surface area contributed by atoms with Crippen molar-refractivity contribution in [2.24, 2.45) is 5.73 Å². The molecule has 0 spiro atoms. The van der Waals surface area contributed by atoms with Crippen molar-refractivity contribution in [1.29, 1.82) is 0 Å². The Bertz CT molecular complexity index is 450. The molecule has 6 nitrogen and oxygen atoms in total. The molecular formula is C15H24N2O4. The molecule has 0 heterocycles. The minimum atomic E-state index is -0.0819. The summed E-state index contributed by atoms with van der Waals surface area (Å²) in [7, 11) is 4.72.